The third-order valence-corrected chi connectivity index (χ3v) is 2.54. The molecule has 0 bridgehead atoms. The van der Waals surface area contributed by atoms with Gasteiger partial charge in [-0.2, -0.15) is 0 Å². The van der Waals surface area contributed by atoms with Crippen LogP contribution in [-0.2, 0) is 4.79 Å². The number of nitrogens with two attached hydrogens (primary N) is 2. The lowest BCUT2D eigenvalue weighted by atomic mass is 10.1. The predicted octanol–water partition coefficient (Wildman–Crippen LogP) is 0.436. The quantitative estimate of drug-likeness (QED) is 0.409. The molecule has 2 amide bonds. The van der Waals surface area contributed by atoms with E-state index in [1.54, 1.807) is 0 Å². The number of benzene rings is 1. The van der Waals surface area contributed by atoms with Crippen molar-refractivity contribution in [3.05, 3.63) is 32.8 Å². The minimum Gasteiger partial charge on any atom is -0.397 e. The first-order valence-electron chi connectivity index (χ1n) is 5.13. The summed E-state index contributed by atoms with van der Waals surface area (Å²) in [5.74, 6) is -1.24. The van der Waals surface area contributed by atoms with E-state index in [9.17, 15) is 19.7 Å². The molecule has 0 saturated carbocycles. The molecule has 0 radical (unpaired) electrons. The maximum Gasteiger partial charge on any atom is 0.271 e. The average molecular weight is 287 g/mol. The first-order chi connectivity index (χ1) is 8.82. The Morgan fingerprint density at radius 1 is 1.42 bits per heavy atom. The van der Waals surface area contributed by atoms with Crippen LogP contribution in [-0.4, -0.2) is 23.3 Å². The van der Waals surface area contributed by atoms with Crippen LogP contribution in [0.2, 0.25) is 5.02 Å². The molecule has 102 valence electrons. The van der Waals surface area contributed by atoms with E-state index < -0.39 is 16.7 Å². The molecule has 0 unspecified atom stereocenters. The van der Waals surface area contributed by atoms with Crippen LogP contribution in [0.25, 0.3) is 0 Å². The van der Waals surface area contributed by atoms with Crippen molar-refractivity contribution in [3.63, 3.8) is 0 Å². The van der Waals surface area contributed by atoms with Crippen LogP contribution in [0.1, 0.15) is 16.8 Å². The largest absolute Gasteiger partial charge is 0.397 e. The number of nitro groups is 1. The fourth-order valence-electron chi connectivity index (χ4n) is 1.29. The zero-order chi connectivity index (χ0) is 14.6. The molecule has 1 aromatic rings. The third kappa shape index (κ3) is 3.81. The predicted molar refractivity (Wildman–Crippen MR) is 68.7 cm³/mol. The Balaban J connectivity index is 2.95. The van der Waals surface area contributed by atoms with Gasteiger partial charge in [-0.05, 0) is 0 Å². The van der Waals surface area contributed by atoms with Crippen LogP contribution < -0.4 is 16.8 Å². The molecule has 9 heteroatoms. The van der Waals surface area contributed by atoms with Crippen LogP contribution in [0.5, 0.6) is 0 Å². The van der Waals surface area contributed by atoms with Gasteiger partial charge in [0.1, 0.15) is 0 Å². The van der Waals surface area contributed by atoms with Crippen LogP contribution in [0.3, 0.4) is 0 Å². The number of carbonyl (C=O) groups is 2. The lowest BCUT2D eigenvalue weighted by Gasteiger charge is -2.08. The number of primary amides is 1. The Bertz CT molecular complexity index is 547. The Kier molecular flexibility index (Phi) is 4.65. The summed E-state index contributed by atoms with van der Waals surface area (Å²) in [7, 11) is 0. The zero-order valence-corrected chi connectivity index (χ0v) is 10.4. The first kappa shape index (κ1) is 14.7. The topological polar surface area (TPSA) is 141 Å². The van der Waals surface area contributed by atoms with E-state index in [0.717, 1.165) is 12.1 Å². The molecule has 1 rings (SSSR count). The summed E-state index contributed by atoms with van der Waals surface area (Å²) in [6.07, 6.45) is -0.0473. The number of nitrogen functional groups attached to an aromatic ring is 1. The number of amides is 2. The fourth-order valence-corrected chi connectivity index (χ4v) is 1.50. The van der Waals surface area contributed by atoms with Crippen LogP contribution in [0.15, 0.2) is 12.1 Å². The third-order valence-electron chi connectivity index (χ3n) is 2.23. The normalized spacial score (nSPS) is 9.95. The molecular weight excluding hydrogens is 276 g/mol. The number of rotatable bonds is 5. The van der Waals surface area contributed by atoms with Crippen molar-refractivity contribution in [2.24, 2.45) is 5.73 Å². The summed E-state index contributed by atoms with van der Waals surface area (Å²) in [6, 6.07) is 2.07. The van der Waals surface area contributed by atoms with E-state index in [-0.39, 0.29) is 34.9 Å². The highest BCUT2D eigenvalue weighted by Crippen LogP contribution is 2.28. The van der Waals surface area contributed by atoms with Gasteiger partial charge in [-0.25, -0.2) is 0 Å². The molecule has 0 heterocycles. The minimum absolute atomic E-state index is 0.00785. The number of non-ortho nitro benzene ring substituents is 1. The molecule has 0 aliphatic heterocycles. The van der Waals surface area contributed by atoms with E-state index in [2.05, 4.69) is 5.32 Å². The molecule has 0 aliphatic carbocycles. The SMILES string of the molecule is NC(=O)CCNC(=O)c1cc([N+](=O)[O-])cc(Cl)c1N. The van der Waals surface area contributed by atoms with Gasteiger partial charge in [0.2, 0.25) is 5.91 Å². The van der Waals surface area contributed by atoms with E-state index >= 15 is 0 Å². The molecule has 0 saturated heterocycles. The minimum atomic E-state index is -0.689. The smallest absolute Gasteiger partial charge is 0.271 e. The molecule has 1 aromatic carbocycles. The molecule has 0 aromatic heterocycles. The Morgan fingerprint density at radius 2 is 2.05 bits per heavy atom. The maximum absolute atomic E-state index is 11.7. The lowest BCUT2D eigenvalue weighted by Crippen LogP contribution is -2.28. The number of nitrogens with one attached hydrogen (secondary N) is 1. The lowest BCUT2D eigenvalue weighted by molar-refractivity contribution is -0.384. The molecule has 8 nitrogen and oxygen atoms in total. The number of nitrogens with zero attached hydrogens (tertiary/aromatic N) is 1. The number of anilines is 1. The molecule has 5 N–H and O–H groups in total. The average Bonchev–Trinajstić information content (AvgIpc) is 2.31. The van der Waals surface area contributed by atoms with Crippen molar-refractivity contribution in [3.8, 4) is 0 Å². The van der Waals surface area contributed by atoms with Gasteiger partial charge in [0.05, 0.1) is 21.2 Å². The van der Waals surface area contributed by atoms with Crippen LogP contribution in [0, 0.1) is 10.1 Å². The first-order valence-corrected chi connectivity index (χ1v) is 5.50. The van der Waals surface area contributed by atoms with Crippen LogP contribution >= 0.6 is 11.6 Å². The highest BCUT2D eigenvalue weighted by atomic mass is 35.5. The van der Waals surface area contributed by atoms with Crippen molar-refractivity contribution < 1.29 is 14.5 Å². The molecule has 0 aliphatic rings. The second kappa shape index (κ2) is 6.01. The van der Waals surface area contributed by atoms with Gasteiger partial charge in [-0.3, -0.25) is 19.7 Å². The van der Waals surface area contributed by atoms with Crippen LogP contribution in [0.4, 0.5) is 11.4 Å². The maximum atomic E-state index is 11.7. The Labute approximate surface area is 112 Å². The van der Waals surface area contributed by atoms with Gasteiger partial charge in [0, 0.05) is 25.1 Å². The Hall–Kier alpha value is -2.35. The highest BCUT2D eigenvalue weighted by Gasteiger charge is 2.18. The van der Waals surface area contributed by atoms with Crippen molar-refractivity contribution in [2.75, 3.05) is 12.3 Å². The van der Waals surface area contributed by atoms with Gasteiger partial charge >= 0.3 is 0 Å². The Morgan fingerprint density at radius 3 is 2.58 bits per heavy atom. The molecule has 0 spiro atoms. The summed E-state index contributed by atoms with van der Waals surface area (Å²) >= 11 is 5.71. The van der Waals surface area contributed by atoms with Gasteiger partial charge in [-0.15, -0.1) is 0 Å². The van der Waals surface area contributed by atoms with Gasteiger partial charge < -0.3 is 16.8 Å². The highest BCUT2D eigenvalue weighted by molar-refractivity contribution is 6.34. The van der Waals surface area contributed by atoms with E-state index in [1.165, 1.54) is 0 Å². The number of nitro benzene ring substituents is 1. The number of carbonyl (C=O) groups excluding carboxylic acids is 2. The molecule has 19 heavy (non-hydrogen) atoms. The summed E-state index contributed by atoms with van der Waals surface area (Å²) in [4.78, 5) is 32.2. The van der Waals surface area contributed by atoms with Crippen molar-refractivity contribution >= 4 is 34.8 Å². The summed E-state index contributed by atoms with van der Waals surface area (Å²) in [5.41, 5.74) is 9.95. The summed E-state index contributed by atoms with van der Waals surface area (Å²) in [5, 5.41) is 12.9. The molecular formula is C10H11ClN4O4. The van der Waals surface area contributed by atoms with Gasteiger partial charge in [0.15, 0.2) is 0 Å². The molecule has 0 atom stereocenters. The monoisotopic (exact) mass is 286 g/mol. The zero-order valence-electron chi connectivity index (χ0n) is 9.68. The standard InChI is InChI=1S/C10H11ClN4O4/c11-7-4-5(15(18)19)3-6(9(7)13)10(17)14-2-1-8(12)16/h3-4H,1-2,13H2,(H2,12,16)(H,14,17). The number of hydrogen-bond acceptors (Lipinski definition) is 5. The fraction of sp³-hybridized carbons (Fsp3) is 0.200. The number of halogens is 1. The molecule has 0 fully saturated rings. The van der Waals surface area contributed by atoms with E-state index in [4.69, 9.17) is 23.1 Å². The van der Waals surface area contributed by atoms with E-state index in [1.807, 2.05) is 0 Å². The summed E-state index contributed by atoms with van der Waals surface area (Å²) < 4.78 is 0. The second-order valence-corrected chi connectivity index (χ2v) is 4.03. The van der Waals surface area contributed by atoms with Crippen molar-refractivity contribution in [2.45, 2.75) is 6.42 Å². The van der Waals surface area contributed by atoms with Crippen molar-refractivity contribution in [1.29, 1.82) is 0 Å². The van der Waals surface area contributed by atoms with Gasteiger partial charge in [-0.1, -0.05) is 11.6 Å². The van der Waals surface area contributed by atoms with Crippen molar-refractivity contribution in [1.82, 2.24) is 5.32 Å². The van der Waals surface area contributed by atoms with Gasteiger partial charge in [0.25, 0.3) is 11.6 Å². The summed E-state index contributed by atoms with van der Waals surface area (Å²) in [6.45, 7) is 0.00785. The number of hydrogen-bond donors (Lipinski definition) is 3. The van der Waals surface area contributed by atoms with E-state index in [0.29, 0.717) is 0 Å². The second-order valence-electron chi connectivity index (χ2n) is 3.62.